The van der Waals surface area contributed by atoms with Gasteiger partial charge in [-0.3, -0.25) is 9.48 Å². The third kappa shape index (κ3) is 3.73. The molecule has 0 aliphatic rings. The van der Waals surface area contributed by atoms with Crippen molar-refractivity contribution < 1.29 is 4.79 Å². The Hall–Kier alpha value is -3.05. The molecule has 4 aromatic rings. The van der Waals surface area contributed by atoms with Crippen LogP contribution in [0.15, 0.2) is 67.1 Å². The summed E-state index contributed by atoms with van der Waals surface area (Å²) in [7, 11) is 1.80. The largest absolute Gasteiger partial charge is 0.360 e. The van der Waals surface area contributed by atoms with Crippen LogP contribution in [0.3, 0.4) is 0 Å². The van der Waals surface area contributed by atoms with Crippen LogP contribution >= 0.6 is 11.6 Å². The van der Waals surface area contributed by atoms with Crippen LogP contribution in [0.1, 0.15) is 21.5 Å². The summed E-state index contributed by atoms with van der Waals surface area (Å²) in [4.78, 5) is 17.7. The molecule has 136 valence electrons. The fraction of sp³-hybridized carbons (Fsp3) is 0.143. The lowest BCUT2D eigenvalue weighted by Gasteiger charge is -2.15. The van der Waals surface area contributed by atoms with Crippen molar-refractivity contribution in [3.8, 4) is 0 Å². The van der Waals surface area contributed by atoms with E-state index in [-0.39, 0.29) is 5.91 Å². The Morgan fingerprint density at radius 3 is 2.81 bits per heavy atom. The highest BCUT2D eigenvalue weighted by Crippen LogP contribution is 2.23. The highest BCUT2D eigenvalue weighted by molar-refractivity contribution is 6.31. The maximum absolute atomic E-state index is 12.9. The number of hydrogen-bond acceptors (Lipinski definition) is 2. The number of fused-ring (bicyclic) bond motifs is 1. The van der Waals surface area contributed by atoms with E-state index in [1.54, 1.807) is 24.2 Å². The number of nitrogens with zero attached hydrogens (tertiary/aromatic N) is 3. The van der Waals surface area contributed by atoms with Crippen LogP contribution in [0.25, 0.3) is 10.9 Å². The molecule has 0 atom stereocenters. The van der Waals surface area contributed by atoms with E-state index >= 15 is 0 Å². The van der Waals surface area contributed by atoms with Gasteiger partial charge in [-0.25, -0.2) is 0 Å². The number of aromatic amines is 1. The van der Waals surface area contributed by atoms with Gasteiger partial charge in [0.2, 0.25) is 0 Å². The van der Waals surface area contributed by atoms with E-state index in [9.17, 15) is 4.79 Å². The lowest BCUT2D eigenvalue weighted by atomic mass is 10.1. The number of H-pyrrole nitrogens is 1. The SMILES string of the molecule is CN(Cc1cnn(Cc2ccccc2)c1)C(=O)c1c[nH]c2cc(Cl)ccc12. The van der Waals surface area contributed by atoms with Crippen molar-refractivity contribution in [1.29, 1.82) is 0 Å². The zero-order valence-electron chi connectivity index (χ0n) is 14.9. The molecule has 6 heteroatoms. The van der Waals surface area contributed by atoms with Gasteiger partial charge in [-0.1, -0.05) is 48.0 Å². The molecule has 1 N–H and O–H groups in total. The first-order valence-electron chi connectivity index (χ1n) is 8.67. The monoisotopic (exact) mass is 378 g/mol. The van der Waals surface area contributed by atoms with Crippen molar-refractivity contribution in [2.45, 2.75) is 13.1 Å². The molecular weight excluding hydrogens is 360 g/mol. The Labute approximate surface area is 162 Å². The van der Waals surface area contributed by atoms with Crippen LogP contribution in [-0.2, 0) is 13.1 Å². The van der Waals surface area contributed by atoms with E-state index in [0.717, 1.165) is 16.5 Å². The summed E-state index contributed by atoms with van der Waals surface area (Å²) in [5, 5.41) is 5.92. The standard InChI is InChI=1S/C21H19ClN4O/c1-25(21(27)19-11-23-20-9-17(22)7-8-18(19)20)12-16-10-24-26(14-16)13-15-5-3-2-4-6-15/h2-11,14,23H,12-13H2,1H3. The van der Waals surface area contributed by atoms with Crippen molar-refractivity contribution in [3.05, 3.63) is 88.8 Å². The van der Waals surface area contributed by atoms with Crippen molar-refractivity contribution in [3.63, 3.8) is 0 Å². The van der Waals surface area contributed by atoms with Crippen LogP contribution in [0.4, 0.5) is 0 Å². The normalized spacial score (nSPS) is 11.0. The number of hydrogen-bond donors (Lipinski definition) is 1. The number of carbonyl (C=O) groups excluding carboxylic acids is 1. The Kier molecular flexibility index (Phi) is 4.69. The van der Waals surface area contributed by atoms with E-state index < -0.39 is 0 Å². The smallest absolute Gasteiger partial charge is 0.256 e. The van der Waals surface area contributed by atoms with Gasteiger partial charge >= 0.3 is 0 Å². The molecular formula is C21H19ClN4O. The molecule has 0 bridgehead atoms. The average molecular weight is 379 g/mol. The number of amides is 1. The number of aromatic nitrogens is 3. The maximum Gasteiger partial charge on any atom is 0.256 e. The quantitative estimate of drug-likeness (QED) is 0.561. The number of nitrogens with one attached hydrogen (secondary N) is 1. The van der Waals surface area contributed by atoms with Gasteiger partial charge in [0.1, 0.15) is 0 Å². The zero-order valence-corrected chi connectivity index (χ0v) is 15.6. The summed E-state index contributed by atoms with van der Waals surface area (Å²) < 4.78 is 1.89. The molecule has 1 amide bonds. The van der Waals surface area contributed by atoms with Crippen molar-refractivity contribution in [1.82, 2.24) is 19.7 Å². The molecule has 5 nitrogen and oxygen atoms in total. The summed E-state index contributed by atoms with van der Waals surface area (Å²) in [6.07, 6.45) is 5.52. The molecule has 0 spiro atoms. The summed E-state index contributed by atoms with van der Waals surface area (Å²) in [6, 6.07) is 15.6. The minimum absolute atomic E-state index is 0.0422. The predicted octanol–water partition coefficient (Wildman–Crippen LogP) is 4.34. The highest BCUT2D eigenvalue weighted by atomic mass is 35.5. The summed E-state index contributed by atoms with van der Waals surface area (Å²) >= 11 is 6.01. The fourth-order valence-corrected chi connectivity index (χ4v) is 3.34. The van der Waals surface area contributed by atoms with Gasteiger partial charge in [0.25, 0.3) is 5.91 Å². The lowest BCUT2D eigenvalue weighted by molar-refractivity contribution is 0.0787. The maximum atomic E-state index is 12.9. The molecule has 2 aromatic carbocycles. The molecule has 0 aliphatic carbocycles. The Balaban J connectivity index is 1.47. The van der Waals surface area contributed by atoms with Crippen LogP contribution < -0.4 is 0 Å². The van der Waals surface area contributed by atoms with Gasteiger partial charge in [-0.15, -0.1) is 0 Å². The lowest BCUT2D eigenvalue weighted by Crippen LogP contribution is -2.25. The van der Waals surface area contributed by atoms with Gasteiger partial charge in [0, 0.05) is 47.5 Å². The van der Waals surface area contributed by atoms with Gasteiger partial charge in [0.05, 0.1) is 18.3 Å². The van der Waals surface area contributed by atoms with Crippen LogP contribution in [0, 0.1) is 0 Å². The second kappa shape index (κ2) is 7.29. The number of carbonyl (C=O) groups is 1. The minimum atomic E-state index is -0.0422. The Morgan fingerprint density at radius 1 is 1.19 bits per heavy atom. The van der Waals surface area contributed by atoms with Crippen LogP contribution in [0.5, 0.6) is 0 Å². The number of benzene rings is 2. The first-order chi connectivity index (χ1) is 13.1. The van der Waals surface area contributed by atoms with Crippen molar-refractivity contribution in [2.24, 2.45) is 0 Å². The third-order valence-electron chi connectivity index (χ3n) is 4.51. The first kappa shape index (κ1) is 17.4. The van der Waals surface area contributed by atoms with Gasteiger partial charge < -0.3 is 9.88 Å². The van der Waals surface area contributed by atoms with E-state index in [1.165, 1.54) is 5.56 Å². The van der Waals surface area contributed by atoms with E-state index in [2.05, 4.69) is 22.2 Å². The van der Waals surface area contributed by atoms with E-state index in [0.29, 0.717) is 23.7 Å². The molecule has 27 heavy (non-hydrogen) atoms. The molecule has 0 radical (unpaired) electrons. The molecule has 0 saturated carbocycles. The Bertz CT molecular complexity index is 1080. The molecule has 0 aliphatic heterocycles. The zero-order chi connectivity index (χ0) is 18.8. The summed E-state index contributed by atoms with van der Waals surface area (Å²) in [5.74, 6) is -0.0422. The number of rotatable bonds is 5. The first-order valence-corrected chi connectivity index (χ1v) is 9.05. The van der Waals surface area contributed by atoms with Crippen LogP contribution in [-0.4, -0.2) is 32.6 Å². The third-order valence-corrected chi connectivity index (χ3v) is 4.75. The second-order valence-corrected chi connectivity index (χ2v) is 7.02. The Morgan fingerprint density at radius 2 is 2.00 bits per heavy atom. The molecule has 0 saturated heterocycles. The van der Waals surface area contributed by atoms with Crippen LogP contribution in [0.2, 0.25) is 5.02 Å². The van der Waals surface area contributed by atoms with E-state index in [4.69, 9.17) is 11.6 Å². The van der Waals surface area contributed by atoms with E-state index in [1.807, 2.05) is 47.4 Å². The fourth-order valence-electron chi connectivity index (χ4n) is 3.17. The number of halogens is 1. The van der Waals surface area contributed by atoms with Crippen molar-refractivity contribution in [2.75, 3.05) is 7.05 Å². The predicted molar refractivity (Wildman–Crippen MR) is 107 cm³/mol. The molecule has 0 unspecified atom stereocenters. The molecule has 2 heterocycles. The van der Waals surface area contributed by atoms with Gasteiger partial charge in [-0.05, 0) is 17.7 Å². The summed E-state index contributed by atoms with van der Waals surface area (Å²) in [6.45, 7) is 1.20. The minimum Gasteiger partial charge on any atom is -0.360 e. The van der Waals surface area contributed by atoms with Gasteiger partial charge in [-0.2, -0.15) is 5.10 Å². The van der Waals surface area contributed by atoms with Gasteiger partial charge in [0.15, 0.2) is 0 Å². The second-order valence-electron chi connectivity index (χ2n) is 6.59. The molecule has 4 rings (SSSR count). The highest BCUT2D eigenvalue weighted by Gasteiger charge is 2.17. The molecule has 0 fully saturated rings. The average Bonchev–Trinajstić information content (AvgIpc) is 3.28. The topological polar surface area (TPSA) is 53.9 Å². The molecule has 2 aromatic heterocycles. The summed E-state index contributed by atoms with van der Waals surface area (Å²) in [5.41, 5.74) is 3.68. The van der Waals surface area contributed by atoms with Crippen molar-refractivity contribution >= 4 is 28.4 Å².